The van der Waals surface area contributed by atoms with Crippen molar-refractivity contribution in [1.82, 2.24) is 5.32 Å². The SMILES string of the molecule is COc1ccc(CC(=O)Nc2cc(C(=O)NC(CC(=O)O)c3ccc(C)cc3)ccc2N2C(C)COCC2C)cc1. The van der Waals surface area contributed by atoms with E-state index < -0.39 is 17.9 Å². The van der Waals surface area contributed by atoms with Crippen molar-refractivity contribution >= 4 is 29.2 Å². The van der Waals surface area contributed by atoms with Crippen molar-refractivity contribution in [3.05, 3.63) is 89.0 Å². The van der Waals surface area contributed by atoms with Gasteiger partial charge in [-0.05, 0) is 62.2 Å². The molecule has 0 bridgehead atoms. The molecule has 0 spiro atoms. The summed E-state index contributed by atoms with van der Waals surface area (Å²) in [5.41, 5.74) is 4.15. The Balaban J connectivity index is 1.62. The molecule has 0 radical (unpaired) electrons. The topological polar surface area (TPSA) is 117 Å². The number of amides is 2. The number of carboxylic acids is 1. The zero-order chi connectivity index (χ0) is 29.5. The van der Waals surface area contributed by atoms with Gasteiger partial charge in [0.2, 0.25) is 5.91 Å². The molecule has 1 fully saturated rings. The highest BCUT2D eigenvalue weighted by atomic mass is 16.5. The number of carbonyl (C=O) groups excluding carboxylic acids is 2. The van der Waals surface area contributed by atoms with Crippen LogP contribution in [0.2, 0.25) is 0 Å². The van der Waals surface area contributed by atoms with E-state index in [2.05, 4.69) is 29.4 Å². The maximum Gasteiger partial charge on any atom is 0.305 e. The van der Waals surface area contributed by atoms with Gasteiger partial charge in [-0.15, -0.1) is 0 Å². The largest absolute Gasteiger partial charge is 0.497 e. The minimum Gasteiger partial charge on any atom is -0.497 e. The van der Waals surface area contributed by atoms with Crippen molar-refractivity contribution < 1.29 is 29.0 Å². The first kappa shape index (κ1) is 29.6. The molecule has 1 aliphatic rings. The van der Waals surface area contributed by atoms with Gasteiger partial charge in [-0.25, -0.2) is 0 Å². The lowest BCUT2D eigenvalue weighted by Crippen LogP contribution is -2.50. The minimum atomic E-state index is -1.02. The third-order valence-electron chi connectivity index (χ3n) is 7.17. The average Bonchev–Trinajstić information content (AvgIpc) is 2.93. The number of carboxylic acid groups (broad SMARTS) is 1. The van der Waals surface area contributed by atoms with Crippen LogP contribution in [0.15, 0.2) is 66.7 Å². The lowest BCUT2D eigenvalue weighted by Gasteiger charge is -2.41. The smallest absolute Gasteiger partial charge is 0.305 e. The number of hydrogen-bond acceptors (Lipinski definition) is 6. The predicted octanol–water partition coefficient (Wildman–Crippen LogP) is 4.74. The summed E-state index contributed by atoms with van der Waals surface area (Å²) in [6, 6.07) is 19.2. The van der Waals surface area contributed by atoms with Crippen LogP contribution < -0.4 is 20.3 Å². The average molecular weight is 560 g/mol. The molecule has 9 nitrogen and oxygen atoms in total. The fourth-order valence-corrected chi connectivity index (χ4v) is 5.07. The number of aliphatic carboxylic acids is 1. The third kappa shape index (κ3) is 7.64. The molecule has 0 saturated carbocycles. The molecule has 216 valence electrons. The van der Waals surface area contributed by atoms with Gasteiger partial charge in [-0.2, -0.15) is 0 Å². The Bertz CT molecular complexity index is 1360. The number of ether oxygens (including phenoxy) is 2. The molecule has 3 aromatic carbocycles. The molecule has 2 amide bonds. The van der Waals surface area contributed by atoms with Crippen molar-refractivity contribution in [2.24, 2.45) is 0 Å². The van der Waals surface area contributed by atoms with Gasteiger partial charge in [0.1, 0.15) is 5.75 Å². The quantitative estimate of drug-likeness (QED) is 0.328. The van der Waals surface area contributed by atoms with Crippen LogP contribution in [0.3, 0.4) is 0 Å². The summed E-state index contributed by atoms with van der Waals surface area (Å²) in [5.74, 6) is -0.978. The lowest BCUT2D eigenvalue weighted by atomic mass is 10.0. The van der Waals surface area contributed by atoms with E-state index in [1.165, 1.54) is 0 Å². The van der Waals surface area contributed by atoms with Crippen molar-refractivity contribution in [3.8, 4) is 5.75 Å². The number of carbonyl (C=O) groups is 3. The normalized spacial score (nSPS) is 17.4. The molecule has 1 heterocycles. The molecule has 0 aromatic heterocycles. The van der Waals surface area contributed by atoms with Crippen molar-refractivity contribution in [3.63, 3.8) is 0 Å². The fourth-order valence-electron chi connectivity index (χ4n) is 5.07. The second-order valence-electron chi connectivity index (χ2n) is 10.5. The van der Waals surface area contributed by atoms with Crippen LogP contribution >= 0.6 is 0 Å². The Hall–Kier alpha value is -4.37. The zero-order valence-corrected chi connectivity index (χ0v) is 23.8. The molecule has 4 rings (SSSR count). The molecule has 1 aliphatic heterocycles. The summed E-state index contributed by atoms with van der Waals surface area (Å²) in [6.45, 7) is 7.13. The van der Waals surface area contributed by atoms with Crippen LogP contribution in [0.4, 0.5) is 11.4 Å². The van der Waals surface area contributed by atoms with E-state index in [4.69, 9.17) is 9.47 Å². The number of nitrogens with zero attached hydrogens (tertiary/aromatic N) is 1. The van der Waals surface area contributed by atoms with E-state index in [0.717, 1.165) is 16.8 Å². The van der Waals surface area contributed by atoms with E-state index in [0.29, 0.717) is 35.8 Å². The summed E-state index contributed by atoms with van der Waals surface area (Å²) in [4.78, 5) is 40.4. The van der Waals surface area contributed by atoms with Crippen molar-refractivity contribution in [1.29, 1.82) is 0 Å². The predicted molar refractivity (Wildman–Crippen MR) is 158 cm³/mol. The van der Waals surface area contributed by atoms with Crippen LogP contribution in [0.1, 0.15) is 53.4 Å². The van der Waals surface area contributed by atoms with E-state index in [1.807, 2.05) is 49.4 Å². The van der Waals surface area contributed by atoms with Crippen LogP contribution in [0.25, 0.3) is 0 Å². The highest BCUT2D eigenvalue weighted by molar-refractivity contribution is 6.00. The Morgan fingerprint density at radius 3 is 2.27 bits per heavy atom. The van der Waals surface area contributed by atoms with Crippen LogP contribution in [-0.2, 0) is 20.7 Å². The highest BCUT2D eigenvalue weighted by Crippen LogP contribution is 2.33. The Labute approximate surface area is 240 Å². The molecule has 3 atom stereocenters. The number of nitrogens with one attached hydrogen (secondary N) is 2. The van der Waals surface area contributed by atoms with Crippen molar-refractivity contribution in [2.45, 2.75) is 51.7 Å². The third-order valence-corrected chi connectivity index (χ3v) is 7.17. The van der Waals surface area contributed by atoms with E-state index in [-0.39, 0.29) is 30.8 Å². The van der Waals surface area contributed by atoms with E-state index in [9.17, 15) is 19.5 Å². The molecular formula is C32H37N3O6. The first-order valence-electron chi connectivity index (χ1n) is 13.7. The Morgan fingerprint density at radius 2 is 1.66 bits per heavy atom. The summed E-state index contributed by atoms with van der Waals surface area (Å²) >= 11 is 0. The maximum atomic E-state index is 13.4. The summed E-state index contributed by atoms with van der Waals surface area (Å²) in [5, 5.41) is 15.4. The van der Waals surface area contributed by atoms with Gasteiger partial charge in [0.05, 0.1) is 50.6 Å². The van der Waals surface area contributed by atoms with E-state index in [1.54, 1.807) is 31.4 Å². The summed E-state index contributed by atoms with van der Waals surface area (Å²) in [6.07, 6.45) is -0.122. The second kappa shape index (κ2) is 13.3. The number of benzene rings is 3. The number of aryl methyl sites for hydroxylation is 1. The van der Waals surface area contributed by atoms with Crippen LogP contribution in [0.5, 0.6) is 5.75 Å². The fraction of sp³-hybridized carbons (Fsp3) is 0.344. The molecule has 1 saturated heterocycles. The molecule has 3 N–H and O–H groups in total. The van der Waals surface area contributed by atoms with Crippen LogP contribution in [-0.4, -0.2) is 55.3 Å². The van der Waals surface area contributed by atoms with Gasteiger partial charge in [-0.1, -0.05) is 42.0 Å². The number of hydrogen-bond donors (Lipinski definition) is 3. The zero-order valence-electron chi connectivity index (χ0n) is 23.8. The first-order chi connectivity index (χ1) is 19.6. The van der Waals surface area contributed by atoms with Gasteiger partial charge < -0.3 is 30.1 Å². The van der Waals surface area contributed by atoms with Gasteiger partial charge >= 0.3 is 5.97 Å². The highest BCUT2D eigenvalue weighted by Gasteiger charge is 2.29. The number of anilines is 2. The number of rotatable bonds is 10. The monoisotopic (exact) mass is 559 g/mol. The Kier molecular flexibility index (Phi) is 9.62. The molecule has 0 aliphatic carbocycles. The standard InChI is InChI=1S/C32H37N3O6/c1-20-5-9-24(10-6-20)27(17-31(37)38)34-32(39)25-11-14-29(35-21(2)18-41-19-22(35)3)28(16-25)33-30(36)15-23-7-12-26(40-4)13-8-23/h5-14,16,21-22,27H,15,17-19H2,1-4H3,(H,33,36)(H,34,39)(H,37,38). The molecule has 9 heteroatoms. The second-order valence-corrected chi connectivity index (χ2v) is 10.5. The minimum absolute atomic E-state index is 0.0529. The van der Waals surface area contributed by atoms with Gasteiger partial charge in [0.25, 0.3) is 5.91 Å². The van der Waals surface area contributed by atoms with E-state index >= 15 is 0 Å². The molecule has 41 heavy (non-hydrogen) atoms. The number of morpholine rings is 1. The molecule has 3 unspecified atom stereocenters. The molecule has 3 aromatic rings. The van der Waals surface area contributed by atoms with Gasteiger partial charge in [-0.3, -0.25) is 14.4 Å². The first-order valence-corrected chi connectivity index (χ1v) is 13.7. The summed E-state index contributed by atoms with van der Waals surface area (Å²) in [7, 11) is 1.59. The van der Waals surface area contributed by atoms with Gasteiger partial charge in [0.15, 0.2) is 0 Å². The Morgan fingerprint density at radius 1 is 1.00 bits per heavy atom. The maximum absolute atomic E-state index is 13.4. The number of methoxy groups -OCH3 is 1. The summed E-state index contributed by atoms with van der Waals surface area (Å²) < 4.78 is 10.9. The van der Waals surface area contributed by atoms with Crippen LogP contribution in [0, 0.1) is 6.92 Å². The molecular weight excluding hydrogens is 522 g/mol. The van der Waals surface area contributed by atoms with Gasteiger partial charge in [0, 0.05) is 17.6 Å². The lowest BCUT2D eigenvalue weighted by molar-refractivity contribution is -0.137. The van der Waals surface area contributed by atoms with Crippen molar-refractivity contribution in [2.75, 3.05) is 30.5 Å².